The summed E-state index contributed by atoms with van der Waals surface area (Å²) in [5, 5.41) is 17.5. The van der Waals surface area contributed by atoms with Gasteiger partial charge in [-0.25, -0.2) is 4.79 Å². The van der Waals surface area contributed by atoms with Crippen LogP contribution in [0.4, 0.5) is 10.5 Å². The van der Waals surface area contributed by atoms with Gasteiger partial charge in [0.15, 0.2) is 0 Å². The highest BCUT2D eigenvalue weighted by Crippen LogP contribution is 2.42. The molecular weight excluding hydrogens is 444 g/mol. The second kappa shape index (κ2) is 9.49. The molecule has 5 heteroatoms. The smallest absolute Gasteiger partial charge is 0.321 e. The van der Waals surface area contributed by atoms with E-state index in [9.17, 15) is 9.90 Å². The summed E-state index contributed by atoms with van der Waals surface area (Å²) >= 11 is 6.58. The van der Waals surface area contributed by atoms with Crippen LogP contribution < -0.4 is 5.32 Å². The lowest BCUT2D eigenvalue weighted by Crippen LogP contribution is -2.47. The van der Waals surface area contributed by atoms with Crippen molar-refractivity contribution in [2.45, 2.75) is 18.4 Å². The Labute approximate surface area is 204 Å². The van der Waals surface area contributed by atoms with E-state index in [2.05, 4.69) is 5.32 Å². The first-order chi connectivity index (χ1) is 16.6. The van der Waals surface area contributed by atoms with Crippen molar-refractivity contribution in [3.63, 3.8) is 0 Å². The number of carbonyl (C=O) groups excluding carboxylic acids is 1. The van der Waals surface area contributed by atoms with Crippen LogP contribution in [0.25, 0.3) is 10.8 Å². The van der Waals surface area contributed by atoms with Gasteiger partial charge in [0.25, 0.3) is 0 Å². The maximum Gasteiger partial charge on any atom is 0.321 e. The van der Waals surface area contributed by atoms with Crippen molar-refractivity contribution in [1.29, 1.82) is 0 Å². The van der Waals surface area contributed by atoms with Gasteiger partial charge >= 0.3 is 6.03 Å². The van der Waals surface area contributed by atoms with Gasteiger partial charge in [-0.1, -0.05) is 103 Å². The van der Waals surface area contributed by atoms with Crippen LogP contribution in [0.5, 0.6) is 0 Å². The Morgan fingerprint density at radius 3 is 2.00 bits per heavy atom. The van der Waals surface area contributed by atoms with E-state index in [1.807, 2.05) is 97.1 Å². The van der Waals surface area contributed by atoms with Gasteiger partial charge in [0.1, 0.15) is 5.60 Å². The minimum atomic E-state index is -1.10. The maximum absolute atomic E-state index is 13.0. The average molecular weight is 471 g/mol. The summed E-state index contributed by atoms with van der Waals surface area (Å²) < 4.78 is 0. The Hall–Kier alpha value is -3.34. The van der Waals surface area contributed by atoms with Crippen molar-refractivity contribution in [2.75, 3.05) is 18.4 Å². The summed E-state index contributed by atoms with van der Waals surface area (Å²) in [5.41, 5.74) is 1.27. The first-order valence-corrected chi connectivity index (χ1v) is 12.0. The van der Waals surface area contributed by atoms with Gasteiger partial charge in [0, 0.05) is 18.5 Å². The topological polar surface area (TPSA) is 52.6 Å². The number of hydrogen-bond acceptors (Lipinski definition) is 2. The molecule has 0 saturated carbocycles. The molecule has 0 spiro atoms. The number of amides is 2. The van der Waals surface area contributed by atoms with Gasteiger partial charge < -0.3 is 15.3 Å². The Balaban J connectivity index is 1.32. The number of anilines is 1. The minimum Gasteiger partial charge on any atom is -0.380 e. The van der Waals surface area contributed by atoms with Crippen LogP contribution in [0, 0.1) is 5.92 Å². The van der Waals surface area contributed by atoms with Crippen LogP contribution in [-0.2, 0) is 5.60 Å². The second-order valence-electron chi connectivity index (χ2n) is 8.84. The molecule has 0 atom stereocenters. The molecule has 1 aliphatic heterocycles. The van der Waals surface area contributed by atoms with Crippen LogP contribution in [0.3, 0.4) is 0 Å². The minimum absolute atomic E-state index is 0.00870. The lowest BCUT2D eigenvalue weighted by Gasteiger charge is -2.42. The fourth-order valence-electron chi connectivity index (χ4n) is 5.05. The number of nitrogens with zero attached hydrogens (tertiary/aromatic N) is 1. The number of likely N-dealkylation sites (tertiary alicyclic amines) is 1. The molecular formula is C29H27ClN2O2. The van der Waals surface area contributed by atoms with Gasteiger partial charge in [0.2, 0.25) is 0 Å². The quantitative estimate of drug-likeness (QED) is 0.350. The van der Waals surface area contributed by atoms with E-state index < -0.39 is 5.60 Å². The van der Waals surface area contributed by atoms with Gasteiger partial charge in [-0.05, 0) is 41.3 Å². The van der Waals surface area contributed by atoms with Crippen LogP contribution >= 0.6 is 11.6 Å². The molecule has 2 N–H and O–H groups in total. The summed E-state index contributed by atoms with van der Waals surface area (Å²) in [5.74, 6) is -0.00870. The molecule has 0 aliphatic carbocycles. The van der Waals surface area contributed by atoms with Crippen molar-refractivity contribution in [1.82, 2.24) is 4.90 Å². The van der Waals surface area contributed by atoms with Gasteiger partial charge in [0.05, 0.1) is 10.7 Å². The fraction of sp³-hybridized carbons (Fsp3) is 0.207. The summed E-state index contributed by atoms with van der Waals surface area (Å²) in [4.78, 5) is 14.8. The van der Waals surface area contributed by atoms with Crippen LogP contribution in [0.1, 0.15) is 24.0 Å². The number of rotatable bonds is 4. The number of halogens is 1. The largest absolute Gasteiger partial charge is 0.380 e. The van der Waals surface area contributed by atoms with Crippen molar-refractivity contribution in [3.8, 4) is 0 Å². The Morgan fingerprint density at radius 2 is 1.38 bits per heavy atom. The molecule has 0 radical (unpaired) electrons. The maximum atomic E-state index is 13.0. The highest BCUT2D eigenvalue weighted by molar-refractivity contribution is 6.38. The van der Waals surface area contributed by atoms with E-state index in [-0.39, 0.29) is 11.9 Å². The zero-order valence-electron chi connectivity index (χ0n) is 18.8. The summed E-state index contributed by atoms with van der Waals surface area (Å²) in [6.45, 7) is 1.12. The number of benzene rings is 4. The lowest BCUT2D eigenvalue weighted by molar-refractivity contribution is -0.00860. The third-order valence-corrected chi connectivity index (χ3v) is 7.31. The molecule has 0 aromatic heterocycles. The third-order valence-electron chi connectivity index (χ3n) is 6.91. The molecule has 0 unspecified atom stereocenters. The van der Waals surface area contributed by atoms with E-state index in [0.29, 0.717) is 36.6 Å². The fourth-order valence-corrected chi connectivity index (χ4v) is 5.33. The molecule has 2 amide bonds. The number of piperidine rings is 1. The average Bonchev–Trinajstić information content (AvgIpc) is 2.91. The molecule has 1 fully saturated rings. The van der Waals surface area contributed by atoms with E-state index in [1.54, 1.807) is 4.90 Å². The normalized spacial score (nSPS) is 14.8. The Bertz CT molecular complexity index is 1250. The molecule has 1 saturated heterocycles. The van der Waals surface area contributed by atoms with Crippen LogP contribution in [0.15, 0.2) is 97.1 Å². The molecule has 4 aromatic carbocycles. The van der Waals surface area contributed by atoms with E-state index >= 15 is 0 Å². The molecule has 172 valence electrons. The number of fused-ring (bicyclic) bond motifs is 1. The number of aliphatic hydroxyl groups is 1. The molecule has 5 rings (SSSR count). The first-order valence-electron chi connectivity index (χ1n) is 11.6. The number of nitrogens with one attached hydrogen (secondary N) is 1. The van der Waals surface area contributed by atoms with E-state index in [4.69, 9.17) is 11.6 Å². The molecule has 0 bridgehead atoms. The van der Waals surface area contributed by atoms with E-state index in [0.717, 1.165) is 21.9 Å². The van der Waals surface area contributed by atoms with Gasteiger partial charge in [-0.2, -0.15) is 0 Å². The number of hydrogen-bond donors (Lipinski definition) is 2. The van der Waals surface area contributed by atoms with Crippen LogP contribution in [-0.4, -0.2) is 29.1 Å². The van der Waals surface area contributed by atoms with Crippen molar-refractivity contribution in [2.24, 2.45) is 5.92 Å². The van der Waals surface area contributed by atoms with E-state index in [1.165, 1.54) is 0 Å². The first kappa shape index (κ1) is 22.5. The lowest BCUT2D eigenvalue weighted by atomic mass is 9.72. The Kier molecular flexibility index (Phi) is 6.27. The second-order valence-corrected chi connectivity index (χ2v) is 9.22. The van der Waals surface area contributed by atoms with Crippen molar-refractivity contribution >= 4 is 34.1 Å². The van der Waals surface area contributed by atoms with Gasteiger partial charge in [-0.3, -0.25) is 0 Å². The zero-order chi connectivity index (χ0) is 23.5. The molecule has 4 nitrogen and oxygen atoms in total. The standard InChI is InChI=1S/C29H27ClN2O2/c30-27-25-14-8-7-9-21(25)15-16-26(27)31-28(33)32-19-17-24(18-20-32)29(34,22-10-3-1-4-11-22)23-12-5-2-6-13-23/h1-16,24,34H,17-20H2,(H,31,33). The molecule has 34 heavy (non-hydrogen) atoms. The van der Waals surface area contributed by atoms with Crippen LogP contribution in [0.2, 0.25) is 5.02 Å². The van der Waals surface area contributed by atoms with Crippen molar-refractivity contribution in [3.05, 3.63) is 113 Å². The SMILES string of the molecule is O=C(Nc1ccc2ccccc2c1Cl)N1CCC(C(O)(c2ccccc2)c2ccccc2)CC1. The summed E-state index contributed by atoms with van der Waals surface area (Å²) in [7, 11) is 0. The highest BCUT2D eigenvalue weighted by atomic mass is 35.5. The van der Waals surface area contributed by atoms with Gasteiger partial charge in [-0.15, -0.1) is 0 Å². The Morgan fingerprint density at radius 1 is 0.824 bits per heavy atom. The summed E-state index contributed by atoms with van der Waals surface area (Å²) in [6, 6.07) is 31.2. The number of urea groups is 1. The summed E-state index contributed by atoms with van der Waals surface area (Å²) in [6.07, 6.45) is 1.39. The predicted molar refractivity (Wildman–Crippen MR) is 138 cm³/mol. The van der Waals surface area contributed by atoms with Crippen molar-refractivity contribution < 1.29 is 9.90 Å². The monoisotopic (exact) mass is 470 g/mol. The highest BCUT2D eigenvalue weighted by Gasteiger charge is 2.42. The third kappa shape index (κ3) is 4.15. The zero-order valence-corrected chi connectivity index (χ0v) is 19.6. The molecule has 4 aromatic rings. The molecule has 1 aliphatic rings. The molecule has 1 heterocycles. The predicted octanol–water partition coefficient (Wildman–Crippen LogP) is 6.67. The number of carbonyl (C=O) groups is 1.